The van der Waals surface area contributed by atoms with Gasteiger partial charge in [-0.2, -0.15) is 0 Å². The Balaban J connectivity index is 2.00. The molecule has 2 aliphatic rings. The first-order valence-electron chi connectivity index (χ1n) is 6.60. The normalized spacial score (nSPS) is 35.7. The first-order chi connectivity index (χ1) is 9.56. The van der Waals surface area contributed by atoms with E-state index in [1.807, 2.05) is 13.8 Å². The van der Waals surface area contributed by atoms with E-state index in [0.29, 0.717) is 6.42 Å². The first kappa shape index (κ1) is 15.1. The molecule has 5 atom stereocenters. The maximum atomic E-state index is 11.7. The third kappa shape index (κ3) is 3.04. The van der Waals surface area contributed by atoms with E-state index in [4.69, 9.17) is 24.5 Å². The van der Waals surface area contributed by atoms with Crippen LogP contribution in [0.3, 0.4) is 0 Å². The van der Waals surface area contributed by atoms with Crippen LogP contribution in [-0.4, -0.2) is 50.3 Å². The van der Waals surface area contributed by atoms with Gasteiger partial charge in [-0.1, -0.05) is 19.0 Å². The Morgan fingerprint density at radius 3 is 2.85 bits per heavy atom. The first-order valence-corrected chi connectivity index (χ1v) is 6.60. The fourth-order valence-electron chi connectivity index (χ4n) is 2.48. The van der Waals surface area contributed by atoms with E-state index in [9.17, 15) is 4.79 Å². The van der Waals surface area contributed by atoms with Crippen LogP contribution in [0.1, 0.15) is 20.3 Å². The Morgan fingerprint density at radius 2 is 2.25 bits per heavy atom. The van der Waals surface area contributed by atoms with Crippen molar-refractivity contribution < 1.29 is 23.7 Å². The fourth-order valence-corrected chi connectivity index (χ4v) is 2.48. The number of fused-ring (bicyclic) bond motifs is 1. The van der Waals surface area contributed by atoms with Crippen molar-refractivity contribution in [2.75, 3.05) is 13.7 Å². The standard InChI is InChI=1S/C12H19N3O5/c1-6(2)4-8(16)19-7-5-18-11-9(14-15-13)12(17-3)20-10(7)11/h6-7,9-12H,4-5H2,1-3H3/t7-,9-,10-,11-,12+/m1/s1. The van der Waals surface area contributed by atoms with Crippen LogP contribution in [0.4, 0.5) is 0 Å². The molecule has 0 N–H and O–H groups in total. The van der Waals surface area contributed by atoms with Gasteiger partial charge in [0.05, 0.1) is 6.61 Å². The average Bonchev–Trinajstić information content (AvgIpc) is 2.90. The molecule has 2 fully saturated rings. The highest BCUT2D eigenvalue weighted by Crippen LogP contribution is 2.35. The summed E-state index contributed by atoms with van der Waals surface area (Å²) in [6, 6.07) is -0.566. The molecule has 20 heavy (non-hydrogen) atoms. The number of ether oxygens (including phenoxy) is 4. The van der Waals surface area contributed by atoms with Gasteiger partial charge in [-0.15, -0.1) is 0 Å². The molecule has 0 saturated carbocycles. The van der Waals surface area contributed by atoms with E-state index >= 15 is 0 Å². The summed E-state index contributed by atoms with van der Waals surface area (Å²) in [5.41, 5.74) is 8.58. The molecule has 0 unspecified atom stereocenters. The minimum Gasteiger partial charge on any atom is -0.457 e. The number of methoxy groups -OCH3 is 1. The Kier molecular flexibility index (Phi) is 4.82. The zero-order valence-corrected chi connectivity index (χ0v) is 11.8. The number of azide groups is 1. The summed E-state index contributed by atoms with van der Waals surface area (Å²) in [6.07, 6.45) is -1.70. The average molecular weight is 285 g/mol. The molecule has 8 nitrogen and oxygen atoms in total. The van der Waals surface area contributed by atoms with Gasteiger partial charge in [0.25, 0.3) is 0 Å². The molecule has 2 saturated heterocycles. The second-order valence-corrected chi connectivity index (χ2v) is 5.32. The molecular formula is C12H19N3O5. The number of carbonyl (C=O) groups excluding carboxylic acids is 1. The number of nitrogens with zero attached hydrogens (tertiary/aromatic N) is 3. The van der Waals surface area contributed by atoms with Gasteiger partial charge in [-0.25, -0.2) is 0 Å². The lowest BCUT2D eigenvalue weighted by molar-refractivity contribution is -0.168. The number of rotatable bonds is 5. The highest BCUT2D eigenvalue weighted by atomic mass is 16.7. The number of carbonyl (C=O) groups is 1. The molecule has 0 spiro atoms. The van der Waals surface area contributed by atoms with Gasteiger partial charge < -0.3 is 18.9 Å². The van der Waals surface area contributed by atoms with Crippen molar-refractivity contribution in [3.63, 3.8) is 0 Å². The molecule has 0 amide bonds. The van der Waals surface area contributed by atoms with Crippen molar-refractivity contribution in [2.24, 2.45) is 11.0 Å². The van der Waals surface area contributed by atoms with Crippen molar-refractivity contribution in [1.82, 2.24) is 0 Å². The van der Waals surface area contributed by atoms with Crippen LogP contribution >= 0.6 is 0 Å². The van der Waals surface area contributed by atoms with Gasteiger partial charge in [0, 0.05) is 18.4 Å². The van der Waals surface area contributed by atoms with E-state index in [2.05, 4.69) is 10.0 Å². The summed E-state index contributed by atoms with van der Waals surface area (Å²) in [6.45, 7) is 4.13. The van der Waals surface area contributed by atoms with E-state index < -0.39 is 30.6 Å². The van der Waals surface area contributed by atoms with Crippen LogP contribution < -0.4 is 0 Å². The molecule has 0 aliphatic carbocycles. The van der Waals surface area contributed by atoms with Gasteiger partial charge in [-0.05, 0) is 11.4 Å². The molecule has 2 rings (SSSR count). The highest BCUT2D eigenvalue weighted by molar-refractivity contribution is 5.69. The molecule has 2 heterocycles. The summed E-state index contributed by atoms with van der Waals surface area (Å²) in [4.78, 5) is 14.5. The third-order valence-electron chi connectivity index (χ3n) is 3.32. The Morgan fingerprint density at radius 1 is 1.50 bits per heavy atom. The molecule has 0 aromatic rings. The zero-order valence-electron chi connectivity index (χ0n) is 11.8. The smallest absolute Gasteiger partial charge is 0.306 e. The molecule has 0 bridgehead atoms. The molecule has 0 radical (unpaired) electrons. The van der Waals surface area contributed by atoms with Crippen molar-refractivity contribution in [3.8, 4) is 0 Å². The van der Waals surface area contributed by atoms with Crippen LogP contribution in [0.25, 0.3) is 10.4 Å². The number of hydrogen-bond acceptors (Lipinski definition) is 6. The highest BCUT2D eigenvalue weighted by Gasteiger charge is 2.54. The lowest BCUT2D eigenvalue weighted by Crippen LogP contribution is -2.34. The fraction of sp³-hybridized carbons (Fsp3) is 0.917. The Bertz CT molecular complexity index is 410. The van der Waals surface area contributed by atoms with E-state index in [1.165, 1.54) is 7.11 Å². The molecule has 112 valence electrons. The SMILES string of the molecule is CO[C@H]1O[C@H]2[C@H](OC[C@H]2OC(=O)CC(C)C)[C@H]1N=[N+]=[N-]. The predicted octanol–water partition coefficient (Wildman–Crippen LogP) is 1.39. The summed E-state index contributed by atoms with van der Waals surface area (Å²) < 4.78 is 21.7. The maximum absolute atomic E-state index is 11.7. The van der Waals surface area contributed by atoms with Crippen molar-refractivity contribution >= 4 is 5.97 Å². The van der Waals surface area contributed by atoms with Crippen LogP contribution in [0.15, 0.2) is 5.11 Å². The van der Waals surface area contributed by atoms with Gasteiger partial charge in [0.15, 0.2) is 12.4 Å². The monoisotopic (exact) mass is 285 g/mol. The van der Waals surface area contributed by atoms with E-state index in [0.717, 1.165) is 0 Å². The molecule has 2 aliphatic heterocycles. The van der Waals surface area contributed by atoms with Gasteiger partial charge >= 0.3 is 5.97 Å². The van der Waals surface area contributed by atoms with Crippen LogP contribution in [0, 0.1) is 5.92 Å². The molecular weight excluding hydrogens is 266 g/mol. The minimum absolute atomic E-state index is 0.229. The minimum atomic E-state index is -0.674. The lowest BCUT2D eigenvalue weighted by Gasteiger charge is -2.19. The summed E-state index contributed by atoms with van der Waals surface area (Å²) >= 11 is 0. The summed E-state index contributed by atoms with van der Waals surface area (Å²) in [5, 5.41) is 3.65. The Hall–Kier alpha value is -1.34. The van der Waals surface area contributed by atoms with E-state index in [1.54, 1.807) is 0 Å². The van der Waals surface area contributed by atoms with E-state index in [-0.39, 0.29) is 18.5 Å². The Labute approximate surface area is 116 Å². The predicted molar refractivity (Wildman–Crippen MR) is 67.7 cm³/mol. The molecule has 0 aromatic carbocycles. The van der Waals surface area contributed by atoms with Gasteiger partial charge in [-0.3, -0.25) is 4.79 Å². The van der Waals surface area contributed by atoms with Crippen molar-refractivity contribution in [1.29, 1.82) is 0 Å². The van der Waals surface area contributed by atoms with Gasteiger partial charge in [0.1, 0.15) is 18.2 Å². The zero-order chi connectivity index (χ0) is 14.7. The van der Waals surface area contributed by atoms with Gasteiger partial charge in [0.2, 0.25) is 0 Å². The summed E-state index contributed by atoms with van der Waals surface area (Å²) in [7, 11) is 1.46. The van der Waals surface area contributed by atoms with Crippen LogP contribution in [0.2, 0.25) is 0 Å². The third-order valence-corrected chi connectivity index (χ3v) is 3.32. The quantitative estimate of drug-likeness (QED) is 0.328. The van der Waals surface area contributed by atoms with Crippen LogP contribution in [0.5, 0.6) is 0 Å². The topological polar surface area (TPSA) is 103 Å². The number of esters is 1. The maximum Gasteiger partial charge on any atom is 0.306 e. The van der Waals surface area contributed by atoms with Crippen molar-refractivity contribution in [3.05, 3.63) is 10.4 Å². The lowest BCUT2D eigenvalue weighted by atomic mass is 10.1. The van der Waals surface area contributed by atoms with Crippen LogP contribution in [-0.2, 0) is 23.7 Å². The molecule has 8 heteroatoms. The van der Waals surface area contributed by atoms with Crippen molar-refractivity contribution in [2.45, 2.75) is 50.9 Å². The molecule has 0 aromatic heterocycles. The summed E-state index contributed by atoms with van der Waals surface area (Å²) in [5.74, 6) is -0.0492. The number of hydrogen-bond donors (Lipinski definition) is 0. The second-order valence-electron chi connectivity index (χ2n) is 5.32. The second kappa shape index (κ2) is 6.41. The largest absolute Gasteiger partial charge is 0.457 e.